The summed E-state index contributed by atoms with van der Waals surface area (Å²) < 4.78 is 1.86. The summed E-state index contributed by atoms with van der Waals surface area (Å²) in [7, 11) is 0. The van der Waals surface area contributed by atoms with Crippen LogP contribution in [0.4, 0.5) is 4.79 Å². The normalized spacial score (nSPS) is 7.30. The average molecular weight is 177 g/mol. The Morgan fingerprint density at radius 3 is 2.50 bits per heavy atom. The van der Waals surface area contributed by atoms with Crippen molar-refractivity contribution in [1.29, 1.82) is 0 Å². The lowest BCUT2D eigenvalue weighted by Crippen LogP contribution is -2.20. The van der Waals surface area contributed by atoms with Crippen molar-refractivity contribution in [2.24, 2.45) is 5.73 Å². The number of carbonyl (C=O) groups is 1. The first-order valence-electron chi connectivity index (χ1n) is 2.29. The van der Waals surface area contributed by atoms with E-state index in [2.05, 4.69) is 23.5 Å². The standard InChI is InChI=1S/C3H3NS.CH4N2OS/c1-2-5-3-4-1;2-1(4)3-5/h1-3H;5H,(H3,2,3,4). The topological polar surface area (TPSA) is 68.0 Å². The van der Waals surface area contributed by atoms with Gasteiger partial charge in [-0.25, -0.2) is 4.79 Å². The van der Waals surface area contributed by atoms with Crippen LogP contribution < -0.4 is 10.5 Å². The molecule has 0 aliphatic carbocycles. The van der Waals surface area contributed by atoms with E-state index in [4.69, 9.17) is 0 Å². The summed E-state index contributed by atoms with van der Waals surface area (Å²) in [5, 5.41) is 1.93. The number of hydrogen-bond acceptors (Lipinski definition) is 4. The number of rotatable bonds is 0. The van der Waals surface area contributed by atoms with Gasteiger partial charge in [0.15, 0.2) is 0 Å². The van der Waals surface area contributed by atoms with E-state index in [0.717, 1.165) is 0 Å². The molecule has 0 aliphatic rings. The molecule has 2 amide bonds. The van der Waals surface area contributed by atoms with Crippen molar-refractivity contribution in [3.8, 4) is 0 Å². The first-order chi connectivity index (χ1) is 4.77. The Balaban J connectivity index is 0.000000162. The Bertz CT molecular complexity index is 148. The minimum Gasteiger partial charge on any atom is -0.351 e. The van der Waals surface area contributed by atoms with Crippen LogP contribution in [0.15, 0.2) is 17.1 Å². The van der Waals surface area contributed by atoms with E-state index in [-0.39, 0.29) is 0 Å². The molecular weight excluding hydrogens is 170 g/mol. The van der Waals surface area contributed by atoms with Crippen LogP contribution in [0.2, 0.25) is 0 Å². The lowest BCUT2D eigenvalue weighted by atomic mass is 11.0. The Hall–Kier alpha value is -0.750. The van der Waals surface area contributed by atoms with Crippen LogP contribution in [0, 0.1) is 0 Å². The fourth-order valence-electron chi connectivity index (χ4n) is 0.176. The first kappa shape index (κ1) is 9.25. The Labute approximate surface area is 68.0 Å². The lowest BCUT2D eigenvalue weighted by Gasteiger charge is -1.79. The summed E-state index contributed by atoms with van der Waals surface area (Å²) in [4.78, 5) is 13.1. The zero-order chi connectivity index (χ0) is 7.82. The molecule has 4 nitrogen and oxygen atoms in total. The van der Waals surface area contributed by atoms with Crippen LogP contribution in [-0.4, -0.2) is 11.0 Å². The number of nitrogens with one attached hydrogen (secondary N) is 1. The molecule has 0 fully saturated rings. The van der Waals surface area contributed by atoms with E-state index in [1.807, 2.05) is 10.1 Å². The zero-order valence-electron chi connectivity index (χ0n) is 5.02. The molecule has 0 unspecified atom stereocenters. The van der Waals surface area contributed by atoms with Gasteiger partial charge in [-0.3, -0.25) is 9.71 Å². The molecule has 0 bridgehead atoms. The molecule has 1 heterocycles. The molecule has 0 saturated carbocycles. The van der Waals surface area contributed by atoms with Gasteiger partial charge in [-0.15, -0.1) is 11.3 Å². The quantitative estimate of drug-likeness (QED) is 0.509. The summed E-state index contributed by atoms with van der Waals surface area (Å²) in [6, 6.07) is -0.631. The Kier molecular flexibility index (Phi) is 5.89. The number of nitrogens with zero attached hydrogens (tertiary/aromatic N) is 1. The van der Waals surface area contributed by atoms with Crippen LogP contribution in [-0.2, 0) is 0 Å². The highest BCUT2D eigenvalue weighted by Crippen LogP contribution is 1.85. The van der Waals surface area contributed by atoms with Crippen molar-refractivity contribution in [2.45, 2.75) is 0 Å². The molecule has 56 valence electrons. The van der Waals surface area contributed by atoms with Crippen molar-refractivity contribution < 1.29 is 4.79 Å². The van der Waals surface area contributed by atoms with Gasteiger partial charge in [-0.05, 0) is 0 Å². The van der Waals surface area contributed by atoms with Crippen LogP contribution in [0.25, 0.3) is 0 Å². The van der Waals surface area contributed by atoms with Crippen molar-refractivity contribution in [3.05, 3.63) is 17.1 Å². The van der Waals surface area contributed by atoms with Crippen LogP contribution in [0.3, 0.4) is 0 Å². The maximum atomic E-state index is 9.40. The molecule has 0 atom stereocenters. The van der Waals surface area contributed by atoms with Gasteiger partial charge in [0, 0.05) is 11.6 Å². The molecule has 0 aliphatic heterocycles. The lowest BCUT2D eigenvalue weighted by molar-refractivity contribution is 0.254. The summed E-state index contributed by atoms with van der Waals surface area (Å²) in [6.45, 7) is 0. The van der Waals surface area contributed by atoms with E-state index < -0.39 is 6.03 Å². The molecule has 0 saturated heterocycles. The van der Waals surface area contributed by atoms with Gasteiger partial charge in [0.2, 0.25) is 0 Å². The second-order valence-corrected chi connectivity index (χ2v) is 2.13. The molecule has 1 rings (SSSR count). The minimum atomic E-state index is -0.631. The Morgan fingerprint density at radius 1 is 1.80 bits per heavy atom. The minimum absolute atomic E-state index is 0.631. The average Bonchev–Trinajstić information content (AvgIpc) is 2.43. The molecule has 1 aromatic rings. The van der Waals surface area contributed by atoms with Gasteiger partial charge < -0.3 is 5.73 Å². The third kappa shape index (κ3) is 7.25. The van der Waals surface area contributed by atoms with Crippen molar-refractivity contribution in [2.75, 3.05) is 0 Å². The number of thiazole rings is 1. The number of thiol groups is 1. The molecule has 3 N–H and O–H groups in total. The summed E-state index contributed by atoms with van der Waals surface area (Å²) in [5.41, 5.74) is 6.26. The highest BCUT2D eigenvalue weighted by molar-refractivity contribution is 7.78. The van der Waals surface area contributed by atoms with Gasteiger partial charge in [-0.2, -0.15) is 0 Å². The molecule has 1 aromatic heterocycles. The predicted molar refractivity (Wildman–Crippen MR) is 43.8 cm³/mol. The van der Waals surface area contributed by atoms with Gasteiger partial charge in [-0.1, -0.05) is 12.8 Å². The summed E-state index contributed by atoms with van der Waals surface area (Å²) in [6.07, 6.45) is 1.77. The van der Waals surface area contributed by atoms with Crippen molar-refractivity contribution >= 4 is 30.2 Å². The maximum absolute atomic E-state index is 9.40. The number of carbonyl (C=O) groups excluding carboxylic acids is 1. The highest BCUT2D eigenvalue weighted by atomic mass is 32.1. The monoisotopic (exact) mass is 177 g/mol. The second kappa shape index (κ2) is 6.37. The van der Waals surface area contributed by atoms with Gasteiger partial charge in [0.25, 0.3) is 0 Å². The molecule has 0 aromatic carbocycles. The van der Waals surface area contributed by atoms with Crippen LogP contribution >= 0.6 is 24.2 Å². The third-order valence-electron chi connectivity index (χ3n) is 0.457. The van der Waals surface area contributed by atoms with E-state index >= 15 is 0 Å². The molecule has 0 radical (unpaired) electrons. The molecule has 0 spiro atoms. The Morgan fingerprint density at radius 2 is 2.40 bits per heavy atom. The van der Waals surface area contributed by atoms with E-state index in [1.165, 1.54) is 0 Å². The number of urea groups is 1. The number of primary amides is 1. The van der Waals surface area contributed by atoms with E-state index in [0.29, 0.717) is 0 Å². The molecule has 10 heavy (non-hydrogen) atoms. The SMILES string of the molecule is NC(=O)NS.c1cscn1. The molecular formula is C4H7N3OS2. The number of hydrogen-bond donors (Lipinski definition) is 3. The first-order valence-corrected chi connectivity index (χ1v) is 3.68. The van der Waals surface area contributed by atoms with Gasteiger partial charge >= 0.3 is 6.03 Å². The fraction of sp³-hybridized carbons (Fsp3) is 0. The van der Waals surface area contributed by atoms with E-state index in [9.17, 15) is 4.79 Å². The fourth-order valence-corrected chi connectivity index (χ4v) is 0.527. The van der Waals surface area contributed by atoms with Crippen molar-refractivity contribution in [3.63, 3.8) is 0 Å². The molecule has 6 heteroatoms. The second-order valence-electron chi connectivity index (χ2n) is 1.15. The van der Waals surface area contributed by atoms with Crippen LogP contribution in [0.5, 0.6) is 0 Å². The smallest absolute Gasteiger partial charge is 0.321 e. The number of nitrogens with two attached hydrogens (primary N) is 1. The third-order valence-corrected chi connectivity index (χ3v) is 1.20. The van der Waals surface area contributed by atoms with Crippen LogP contribution in [0.1, 0.15) is 0 Å². The highest BCUT2D eigenvalue weighted by Gasteiger charge is 1.74. The largest absolute Gasteiger partial charge is 0.351 e. The summed E-state index contributed by atoms with van der Waals surface area (Å²) >= 11 is 4.89. The maximum Gasteiger partial charge on any atom is 0.321 e. The number of aromatic nitrogens is 1. The van der Waals surface area contributed by atoms with Crippen molar-refractivity contribution in [1.82, 2.24) is 9.71 Å². The van der Waals surface area contributed by atoms with Gasteiger partial charge in [0.1, 0.15) is 0 Å². The number of amides is 2. The van der Waals surface area contributed by atoms with E-state index in [1.54, 1.807) is 23.0 Å². The summed E-state index contributed by atoms with van der Waals surface area (Å²) in [5.74, 6) is 0. The zero-order valence-corrected chi connectivity index (χ0v) is 6.73. The van der Waals surface area contributed by atoms with Gasteiger partial charge in [0.05, 0.1) is 5.51 Å². The predicted octanol–water partition coefficient (Wildman–Crippen LogP) is 0.643.